The average molecular weight is 397 g/mol. The van der Waals surface area contributed by atoms with Gasteiger partial charge in [0.1, 0.15) is 12.0 Å². The van der Waals surface area contributed by atoms with Crippen LogP contribution < -0.4 is 5.32 Å². The van der Waals surface area contributed by atoms with Crippen molar-refractivity contribution in [3.63, 3.8) is 0 Å². The Morgan fingerprint density at radius 3 is 1.83 bits per heavy atom. The van der Waals surface area contributed by atoms with Crippen LogP contribution in [0.2, 0.25) is 0 Å². The van der Waals surface area contributed by atoms with Crippen LogP contribution in [-0.4, -0.2) is 37.6 Å². The minimum absolute atomic E-state index is 0.183. The fraction of sp³-hybridized carbons (Fsp3) is 0.348. The molecule has 6 nitrogen and oxygen atoms in total. The van der Waals surface area contributed by atoms with Crippen molar-refractivity contribution in [3.8, 4) is 0 Å². The van der Waals surface area contributed by atoms with E-state index in [4.69, 9.17) is 9.47 Å². The normalized spacial score (nSPS) is 11.8. The summed E-state index contributed by atoms with van der Waals surface area (Å²) in [5.74, 6) is -2.06. The molecule has 0 aliphatic heterocycles. The highest BCUT2D eigenvalue weighted by Crippen LogP contribution is 2.25. The van der Waals surface area contributed by atoms with Gasteiger partial charge in [0, 0.05) is 0 Å². The highest BCUT2D eigenvalue weighted by Gasteiger charge is 2.26. The van der Waals surface area contributed by atoms with Crippen molar-refractivity contribution in [2.75, 3.05) is 13.7 Å². The summed E-state index contributed by atoms with van der Waals surface area (Å²) in [5.41, 5.74) is 1.55. The van der Waals surface area contributed by atoms with E-state index in [1.54, 1.807) is 0 Å². The van der Waals surface area contributed by atoms with Gasteiger partial charge >= 0.3 is 11.9 Å². The maximum Gasteiger partial charge on any atom is 0.328 e. The molecule has 0 radical (unpaired) electrons. The molecule has 0 aliphatic carbocycles. The van der Waals surface area contributed by atoms with Gasteiger partial charge in [0.15, 0.2) is 6.61 Å². The molecule has 154 valence electrons. The van der Waals surface area contributed by atoms with E-state index in [0.29, 0.717) is 6.42 Å². The highest BCUT2D eigenvalue weighted by molar-refractivity contribution is 5.88. The fourth-order valence-electron chi connectivity index (χ4n) is 3.04. The fourth-order valence-corrected chi connectivity index (χ4v) is 3.04. The monoisotopic (exact) mass is 397 g/mol. The lowest BCUT2D eigenvalue weighted by atomic mass is 9.91. The van der Waals surface area contributed by atoms with E-state index in [0.717, 1.165) is 11.1 Å². The van der Waals surface area contributed by atoms with Crippen LogP contribution in [0, 0.1) is 5.92 Å². The van der Waals surface area contributed by atoms with E-state index in [9.17, 15) is 14.4 Å². The zero-order valence-electron chi connectivity index (χ0n) is 17.0. The van der Waals surface area contributed by atoms with Crippen LogP contribution in [-0.2, 0) is 23.9 Å². The van der Waals surface area contributed by atoms with Gasteiger partial charge < -0.3 is 14.8 Å². The van der Waals surface area contributed by atoms with Gasteiger partial charge in [-0.25, -0.2) is 4.79 Å². The molecule has 0 bridgehead atoms. The van der Waals surface area contributed by atoms with Gasteiger partial charge in [-0.15, -0.1) is 0 Å². The Morgan fingerprint density at radius 2 is 1.38 bits per heavy atom. The largest absolute Gasteiger partial charge is 0.467 e. The van der Waals surface area contributed by atoms with Crippen molar-refractivity contribution < 1.29 is 23.9 Å². The molecule has 0 aliphatic rings. The minimum Gasteiger partial charge on any atom is -0.467 e. The van der Waals surface area contributed by atoms with Gasteiger partial charge in [-0.1, -0.05) is 74.5 Å². The molecule has 0 saturated carbocycles. The average Bonchev–Trinajstić information content (AvgIpc) is 2.72. The van der Waals surface area contributed by atoms with Gasteiger partial charge in [0.05, 0.1) is 7.11 Å². The van der Waals surface area contributed by atoms with Gasteiger partial charge in [-0.3, -0.25) is 9.59 Å². The van der Waals surface area contributed by atoms with Crippen LogP contribution in [0.15, 0.2) is 60.7 Å². The Balaban J connectivity index is 2.06. The molecule has 29 heavy (non-hydrogen) atoms. The number of nitrogens with one attached hydrogen (secondary N) is 1. The first-order chi connectivity index (χ1) is 13.9. The third kappa shape index (κ3) is 6.75. The Kier molecular flexibility index (Phi) is 8.40. The SMILES string of the molecule is COC(=O)[C@@H](CC(C)C)NC(=O)COC(=O)C(c1ccccc1)c1ccccc1. The molecular weight excluding hydrogens is 370 g/mol. The van der Waals surface area contributed by atoms with Crippen molar-refractivity contribution in [2.45, 2.75) is 32.2 Å². The van der Waals surface area contributed by atoms with Crippen molar-refractivity contribution >= 4 is 17.8 Å². The summed E-state index contributed by atoms with van der Waals surface area (Å²) in [4.78, 5) is 36.9. The maximum atomic E-state index is 12.8. The standard InChI is InChI=1S/C23H27NO5/c1-16(2)14-19(22(26)28-3)24-20(25)15-29-23(27)21(17-10-6-4-7-11-17)18-12-8-5-9-13-18/h4-13,16,19,21H,14-15H2,1-3H3,(H,24,25)/t19-/m1/s1. The quantitative estimate of drug-likeness (QED) is 0.658. The molecule has 0 heterocycles. The first kappa shape index (κ1) is 22.1. The molecule has 1 N–H and O–H groups in total. The number of carbonyl (C=O) groups is 3. The third-order valence-electron chi connectivity index (χ3n) is 4.38. The highest BCUT2D eigenvalue weighted by atomic mass is 16.5. The Morgan fingerprint density at radius 1 is 0.862 bits per heavy atom. The summed E-state index contributed by atoms with van der Waals surface area (Å²) in [5, 5.41) is 2.58. The molecule has 1 atom stereocenters. The van der Waals surface area contributed by atoms with E-state index in [2.05, 4.69) is 5.32 Å². The first-order valence-corrected chi connectivity index (χ1v) is 9.56. The Labute approximate surface area is 171 Å². The summed E-state index contributed by atoms with van der Waals surface area (Å²) < 4.78 is 10.0. The van der Waals surface area contributed by atoms with Crippen molar-refractivity contribution in [1.29, 1.82) is 0 Å². The lowest BCUT2D eigenvalue weighted by Crippen LogP contribution is -2.44. The number of rotatable bonds is 9. The van der Waals surface area contributed by atoms with Gasteiger partial charge in [0.25, 0.3) is 5.91 Å². The number of hydrogen-bond acceptors (Lipinski definition) is 5. The number of methoxy groups -OCH3 is 1. The smallest absolute Gasteiger partial charge is 0.328 e. The van der Waals surface area contributed by atoms with Crippen LogP contribution in [0.3, 0.4) is 0 Å². The van der Waals surface area contributed by atoms with Crippen molar-refractivity contribution in [2.24, 2.45) is 5.92 Å². The number of carbonyl (C=O) groups excluding carboxylic acids is 3. The summed E-state index contributed by atoms with van der Waals surface area (Å²) in [6.45, 7) is 3.40. The molecule has 2 rings (SSSR count). The lowest BCUT2D eigenvalue weighted by molar-refractivity contribution is -0.151. The molecule has 0 fully saturated rings. The Bertz CT molecular complexity index is 765. The molecule has 2 aromatic rings. The van der Waals surface area contributed by atoms with Crippen LogP contribution >= 0.6 is 0 Å². The predicted molar refractivity (Wildman–Crippen MR) is 109 cm³/mol. The second-order valence-electron chi connectivity index (χ2n) is 7.13. The van der Waals surface area contributed by atoms with Crippen molar-refractivity contribution in [1.82, 2.24) is 5.32 Å². The molecule has 6 heteroatoms. The maximum absolute atomic E-state index is 12.8. The third-order valence-corrected chi connectivity index (χ3v) is 4.38. The predicted octanol–water partition coefficient (Wildman–Crippen LogP) is 3.07. The number of hydrogen-bond donors (Lipinski definition) is 1. The van der Waals surface area contributed by atoms with Crippen LogP contribution in [0.4, 0.5) is 0 Å². The number of amides is 1. The summed E-state index contributed by atoms with van der Waals surface area (Å²) >= 11 is 0. The van der Waals surface area contributed by atoms with E-state index in [-0.39, 0.29) is 5.92 Å². The second-order valence-corrected chi connectivity index (χ2v) is 7.13. The molecule has 1 amide bonds. The van der Waals surface area contributed by atoms with Crippen LogP contribution in [0.5, 0.6) is 0 Å². The second kappa shape index (κ2) is 11.0. The van der Waals surface area contributed by atoms with Crippen LogP contribution in [0.1, 0.15) is 37.3 Å². The number of ether oxygens (including phenoxy) is 2. The van der Waals surface area contributed by atoms with Crippen LogP contribution in [0.25, 0.3) is 0 Å². The molecule has 0 saturated heterocycles. The molecule has 0 aromatic heterocycles. The lowest BCUT2D eigenvalue weighted by Gasteiger charge is -2.19. The minimum atomic E-state index is -0.773. The van der Waals surface area contributed by atoms with Gasteiger partial charge in [-0.05, 0) is 23.5 Å². The summed E-state index contributed by atoms with van der Waals surface area (Å²) in [6, 6.07) is 17.7. The van der Waals surface area contributed by atoms with Crippen molar-refractivity contribution in [3.05, 3.63) is 71.8 Å². The van der Waals surface area contributed by atoms with E-state index in [1.807, 2.05) is 74.5 Å². The summed E-state index contributed by atoms with van der Waals surface area (Å²) in [7, 11) is 1.27. The zero-order chi connectivity index (χ0) is 21.2. The topological polar surface area (TPSA) is 81.7 Å². The molecule has 2 aromatic carbocycles. The molecular formula is C23H27NO5. The van der Waals surface area contributed by atoms with Gasteiger partial charge in [-0.2, -0.15) is 0 Å². The Hall–Kier alpha value is -3.15. The number of benzene rings is 2. The number of esters is 2. The van der Waals surface area contributed by atoms with Gasteiger partial charge in [0.2, 0.25) is 0 Å². The first-order valence-electron chi connectivity index (χ1n) is 9.56. The zero-order valence-corrected chi connectivity index (χ0v) is 17.0. The molecule has 0 spiro atoms. The van der Waals surface area contributed by atoms with E-state index < -0.39 is 36.4 Å². The van der Waals surface area contributed by atoms with E-state index in [1.165, 1.54) is 7.11 Å². The summed E-state index contributed by atoms with van der Waals surface area (Å²) in [6.07, 6.45) is 0.434. The molecule has 0 unspecified atom stereocenters. The van der Waals surface area contributed by atoms with E-state index >= 15 is 0 Å².